The number of hydrogen-bond donors (Lipinski definition) is 0. The van der Waals surface area contributed by atoms with Gasteiger partial charge in [0.25, 0.3) is 0 Å². The molecule has 0 radical (unpaired) electrons. The highest BCUT2D eigenvalue weighted by Crippen LogP contribution is 2.22. The van der Waals surface area contributed by atoms with Crippen LogP contribution in [0.2, 0.25) is 0 Å². The third kappa shape index (κ3) is 6.40. The van der Waals surface area contributed by atoms with E-state index in [2.05, 4.69) is 6.92 Å². The molecule has 0 atom stereocenters. The van der Waals surface area contributed by atoms with Crippen LogP contribution in [0.25, 0.3) is 0 Å². The summed E-state index contributed by atoms with van der Waals surface area (Å²) in [6, 6.07) is 5.11. The predicted octanol–water partition coefficient (Wildman–Crippen LogP) is 5.12. The zero-order chi connectivity index (χ0) is 17.2. The van der Waals surface area contributed by atoms with Gasteiger partial charge in [0, 0.05) is 18.4 Å². The third-order valence-electron chi connectivity index (χ3n) is 4.40. The van der Waals surface area contributed by atoms with E-state index in [0.717, 1.165) is 19.6 Å². The molecule has 1 saturated heterocycles. The van der Waals surface area contributed by atoms with Crippen LogP contribution in [0, 0.1) is 11.7 Å². The lowest BCUT2D eigenvalue weighted by Crippen LogP contribution is -2.32. The van der Waals surface area contributed by atoms with Crippen LogP contribution in [0.5, 0.6) is 5.75 Å². The average Bonchev–Trinajstić information content (AvgIpc) is 2.60. The first-order chi connectivity index (χ1) is 11.7. The summed E-state index contributed by atoms with van der Waals surface area (Å²) in [5, 5.41) is 0. The molecule has 1 heterocycles. The van der Waals surface area contributed by atoms with Crippen LogP contribution >= 0.6 is 0 Å². The van der Waals surface area contributed by atoms with E-state index >= 15 is 0 Å². The van der Waals surface area contributed by atoms with Crippen molar-refractivity contribution in [1.82, 2.24) is 0 Å². The zero-order valence-corrected chi connectivity index (χ0v) is 15.1. The van der Waals surface area contributed by atoms with Crippen molar-refractivity contribution in [3.63, 3.8) is 0 Å². The molecule has 0 amide bonds. The molecule has 1 fully saturated rings. The monoisotopic (exact) mass is 338 g/mol. The van der Waals surface area contributed by atoms with E-state index < -0.39 is 0 Å². The van der Waals surface area contributed by atoms with Gasteiger partial charge in [-0.3, -0.25) is 0 Å². The first-order valence-corrected chi connectivity index (χ1v) is 9.37. The summed E-state index contributed by atoms with van der Waals surface area (Å²) >= 11 is 0. The fraction of sp³-hybridized carbons (Fsp3) is 0.700. The van der Waals surface area contributed by atoms with Crippen molar-refractivity contribution in [2.45, 2.75) is 65.1 Å². The maximum Gasteiger partial charge on any atom is 0.157 e. The lowest BCUT2D eigenvalue weighted by atomic mass is 10.0. The van der Waals surface area contributed by atoms with Gasteiger partial charge in [-0.1, -0.05) is 39.2 Å². The summed E-state index contributed by atoms with van der Waals surface area (Å²) in [6.45, 7) is 6.39. The minimum Gasteiger partial charge on any atom is -0.494 e. The molecular formula is C20H31FO3. The lowest BCUT2D eigenvalue weighted by Gasteiger charge is -2.29. The molecule has 2 rings (SSSR count). The summed E-state index contributed by atoms with van der Waals surface area (Å²) in [5.74, 6) is 0.898. The Bertz CT molecular complexity index is 470. The molecule has 0 saturated carbocycles. The highest BCUT2D eigenvalue weighted by molar-refractivity contribution is 5.29. The Labute approximate surface area is 145 Å². The fourth-order valence-electron chi connectivity index (χ4n) is 2.91. The van der Waals surface area contributed by atoms with Crippen LogP contribution in [-0.4, -0.2) is 26.1 Å². The van der Waals surface area contributed by atoms with Crippen molar-refractivity contribution in [1.29, 1.82) is 0 Å². The van der Waals surface area contributed by atoms with Crippen molar-refractivity contribution in [2.24, 2.45) is 5.92 Å². The number of ether oxygens (including phenoxy) is 3. The lowest BCUT2D eigenvalue weighted by molar-refractivity contribution is -0.203. The van der Waals surface area contributed by atoms with Crippen molar-refractivity contribution in [2.75, 3.05) is 19.8 Å². The van der Waals surface area contributed by atoms with Gasteiger partial charge in [0.1, 0.15) is 11.6 Å². The zero-order valence-electron chi connectivity index (χ0n) is 15.1. The minimum atomic E-state index is -0.211. The summed E-state index contributed by atoms with van der Waals surface area (Å²) in [4.78, 5) is 0. The number of hydrogen-bond acceptors (Lipinski definition) is 3. The number of halogens is 1. The molecule has 1 aromatic carbocycles. The Morgan fingerprint density at radius 3 is 2.54 bits per heavy atom. The Morgan fingerprint density at radius 2 is 1.88 bits per heavy atom. The molecule has 0 spiro atoms. The molecular weight excluding hydrogens is 307 g/mol. The molecule has 1 aromatic rings. The summed E-state index contributed by atoms with van der Waals surface area (Å²) in [6.07, 6.45) is 6.95. The van der Waals surface area contributed by atoms with E-state index in [1.165, 1.54) is 31.7 Å². The summed E-state index contributed by atoms with van der Waals surface area (Å²) in [7, 11) is 0. The average molecular weight is 338 g/mol. The smallest absolute Gasteiger partial charge is 0.157 e. The predicted molar refractivity (Wildman–Crippen MR) is 93.8 cm³/mol. The van der Waals surface area contributed by atoms with Gasteiger partial charge in [0.05, 0.1) is 19.8 Å². The van der Waals surface area contributed by atoms with E-state index in [0.29, 0.717) is 36.7 Å². The Morgan fingerprint density at radius 1 is 1.08 bits per heavy atom. The molecule has 1 aliphatic rings. The molecule has 3 nitrogen and oxygen atoms in total. The number of aryl methyl sites for hydroxylation is 1. The van der Waals surface area contributed by atoms with E-state index in [4.69, 9.17) is 14.2 Å². The van der Waals surface area contributed by atoms with Gasteiger partial charge in [-0.25, -0.2) is 4.39 Å². The maximum atomic E-state index is 14.1. The van der Waals surface area contributed by atoms with Crippen molar-refractivity contribution in [3.05, 3.63) is 29.6 Å². The number of benzene rings is 1. The molecule has 0 N–H and O–H groups in total. The molecule has 4 heteroatoms. The topological polar surface area (TPSA) is 27.7 Å². The second-order valence-electron chi connectivity index (χ2n) is 6.60. The minimum absolute atomic E-state index is 0.206. The second-order valence-corrected chi connectivity index (χ2v) is 6.60. The highest BCUT2D eigenvalue weighted by Gasteiger charge is 2.22. The van der Waals surface area contributed by atoms with Gasteiger partial charge in [0.2, 0.25) is 0 Å². The van der Waals surface area contributed by atoms with Gasteiger partial charge in [-0.2, -0.15) is 0 Å². The fourth-order valence-corrected chi connectivity index (χ4v) is 2.91. The van der Waals surface area contributed by atoms with Crippen LogP contribution < -0.4 is 4.74 Å². The van der Waals surface area contributed by atoms with E-state index in [-0.39, 0.29) is 12.1 Å². The normalized spacial score (nSPS) is 21.0. The van der Waals surface area contributed by atoms with E-state index in [1.807, 2.05) is 13.0 Å². The van der Waals surface area contributed by atoms with Crippen LogP contribution in [-0.2, 0) is 15.9 Å². The Hall–Kier alpha value is -1.13. The summed E-state index contributed by atoms with van der Waals surface area (Å²) < 4.78 is 31.1. The standard InChI is InChI=1S/C20H31FO3/c1-3-5-6-7-16-14-23-20(24-15-16)11-9-17-8-10-18(13-19(17)21)22-12-4-2/h8,10,13,16,20H,3-7,9,11-12,14-15H2,1-2H3. The van der Waals surface area contributed by atoms with Gasteiger partial charge in [-0.05, 0) is 30.9 Å². The molecule has 0 bridgehead atoms. The van der Waals surface area contributed by atoms with E-state index in [9.17, 15) is 4.39 Å². The molecule has 0 aliphatic carbocycles. The van der Waals surface area contributed by atoms with Crippen molar-refractivity contribution < 1.29 is 18.6 Å². The van der Waals surface area contributed by atoms with Crippen LogP contribution in [0.15, 0.2) is 18.2 Å². The molecule has 0 aromatic heterocycles. The highest BCUT2D eigenvalue weighted by atomic mass is 19.1. The Kier molecular flexibility index (Phi) is 8.54. The maximum absolute atomic E-state index is 14.1. The molecule has 1 aliphatic heterocycles. The Balaban J connectivity index is 1.70. The van der Waals surface area contributed by atoms with Gasteiger partial charge in [-0.15, -0.1) is 0 Å². The van der Waals surface area contributed by atoms with Crippen LogP contribution in [0.3, 0.4) is 0 Å². The molecule has 0 unspecified atom stereocenters. The number of rotatable bonds is 10. The largest absolute Gasteiger partial charge is 0.494 e. The third-order valence-corrected chi connectivity index (χ3v) is 4.40. The quantitative estimate of drug-likeness (QED) is 0.554. The molecule has 136 valence electrons. The van der Waals surface area contributed by atoms with E-state index in [1.54, 1.807) is 6.07 Å². The van der Waals surface area contributed by atoms with Gasteiger partial charge >= 0.3 is 0 Å². The first kappa shape index (κ1) is 19.2. The first-order valence-electron chi connectivity index (χ1n) is 9.37. The van der Waals surface area contributed by atoms with Crippen LogP contribution in [0.4, 0.5) is 4.39 Å². The van der Waals surface area contributed by atoms with Crippen molar-refractivity contribution in [3.8, 4) is 5.75 Å². The van der Waals surface area contributed by atoms with Crippen molar-refractivity contribution >= 4 is 0 Å². The van der Waals surface area contributed by atoms with Gasteiger partial charge < -0.3 is 14.2 Å². The second kappa shape index (κ2) is 10.7. The van der Waals surface area contributed by atoms with Gasteiger partial charge in [0.15, 0.2) is 6.29 Å². The molecule has 24 heavy (non-hydrogen) atoms. The number of unbranched alkanes of at least 4 members (excludes halogenated alkanes) is 2. The SMILES string of the molecule is CCCCCC1COC(CCc2ccc(OCCC)cc2F)OC1. The summed E-state index contributed by atoms with van der Waals surface area (Å²) in [5.41, 5.74) is 0.691. The van der Waals surface area contributed by atoms with Crippen LogP contribution in [0.1, 0.15) is 57.9 Å².